The second-order valence-corrected chi connectivity index (χ2v) is 8.31. The number of esters is 1. The number of benzene rings is 1. The largest absolute Gasteiger partial charge is 0.448 e. The van der Waals surface area contributed by atoms with Crippen LogP contribution in [0.5, 0.6) is 0 Å². The van der Waals surface area contributed by atoms with Crippen LogP contribution < -0.4 is 10.5 Å². The number of hydrogen-bond acceptors (Lipinski definition) is 6. The van der Waals surface area contributed by atoms with Gasteiger partial charge in [-0.25, -0.2) is 18.4 Å². The fraction of sp³-hybridized carbons (Fsp3) is 0.111. The molecule has 3 N–H and O–H groups in total. The lowest BCUT2D eigenvalue weighted by atomic mass is 10.3. The van der Waals surface area contributed by atoms with Gasteiger partial charge in [-0.2, -0.15) is 0 Å². The third-order valence-corrected chi connectivity index (χ3v) is 5.63. The van der Waals surface area contributed by atoms with E-state index >= 15 is 0 Å². The van der Waals surface area contributed by atoms with E-state index in [-0.39, 0.29) is 4.90 Å². The molecule has 1 unspecified atom stereocenters. The number of nitrogens with two attached hydrogens (primary N) is 1. The minimum atomic E-state index is -3.81. The quantitative estimate of drug-likeness (QED) is 0.594. The van der Waals surface area contributed by atoms with Gasteiger partial charge in [0.25, 0.3) is 5.91 Å². The van der Waals surface area contributed by atoms with Crippen molar-refractivity contribution in [2.24, 2.45) is 5.14 Å². The minimum absolute atomic E-state index is 0.0692. The fourth-order valence-electron chi connectivity index (χ4n) is 2.39. The summed E-state index contributed by atoms with van der Waals surface area (Å²) in [7, 11) is -3.81. The van der Waals surface area contributed by atoms with Crippen LogP contribution in [0.25, 0.3) is 5.69 Å². The highest BCUT2D eigenvalue weighted by Crippen LogP contribution is 2.23. The normalized spacial score (nSPS) is 12.4. The first-order chi connectivity index (χ1) is 13.3. The summed E-state index contributed by atoms with van der Waals surface area (Å²) in [6.45, 7) is 1.45. The van der Waals surface area contributed by atoms with Crippen LogP contribution in [-0.4, -0.2) is 31.0 Å². The third-order valence-electron chi connectivity index (χ3n) is 3.82. The first-order valence-electron chi connectivity index (χ1n) is 8.11. The van der Waals surface area contributed by atoms with E-state index in [2.05, 4.69) is 5.32 Å². The maximum Gasteiger partial charge on any atom is 0.351 e. The number of rotatable bonds is 6. The fourth-order valence-corrected chi connectivity index (χ4v) is 3.68. The molecule has 10 heteroatoms. The van der Waals surface area contributed by atoms with Gasteiger partial charge in [-0.3, -0.25) is 4.79 Å². The van der Waals surface area contributed by atoms with Gasteiger partial charge < -0.3 is 14.6 Å². The zero-order valence-corrected chi connectivity index (χ0v) is 16.4. The third kappa shape index (κ3) is 4.47. The number of aromatic nitrogens is 1. The van der Waals surface area contributed by atoms with E-state index in [1.165, 1.54) is 42.5 Å². The monoisotopic (exact) mass is 419 g/mol. The Morgan fingerprint density at radius 1 is 1.14 bits per heavy atom. The summed E-state index contributed by atoms with van der Waals surface area (Å²) in [6.07, 6.45) is 2.56. The number of sulfonamides is 1. The van der Waals surface area contributed by atoms with Crippen LogP contribution >= 0.6 is 11.3 Å². The molecule has 0 aliphatic rings. The summed E-state index contributed by atoms with van der Waals surface area (Å²) < 4.78 is 29.6. The van der Waals surface area contributed by atoms with Gasteiger partial charge >= 0.3 is 5.97 Å². The van der Waals surface area contributed by atoms with E-state index in [9.17, 15) is 18.0 Å². The Kier molecular flexibility index (Phi) is 5.63. The van der Waals surface area contributed by atoms with Crippen LogP contribution in [0, 0.1) is 0 Å². The Morgan fingerprint density at radius 3 is 2.39 bits per heavy atom. The highest BCUT2D eigenvalue weighted by Gasteiger charge is 2.22. The molecule has 0 radical (unpaired) electrons. The molecule has 0 aliphatic heterocycles. The second-order valence-electron chi connectivity index (χ2n) is 5.83. The Labute approximate surface area is 165 Å². The van der Waals surface area contributed by atoms with Crippen LogP contribution in [0.15, 0.2) is 65.1 Å². The van der Waals surface area contributed by atoms with Crippen LogP contribution in [0.2, 0.25) is 0 Å². The number of anilines is 1. The lowest BCUT2D eigenvalue weighted by Crippen LogP contribution is -2.30. The van der Waals surface area contributed by atoms with Crippen molar-refractivity contribution in [3.8, 4) is 5.69 Å². The van der Waals surface area contributed by atoms with E-state index in [1.807, 2.05) is 12.1 Å². The molecule has 0 fully saturated rings. The maximum atomic E-state index is 12.5. The second kappa shape index (κ2) is 7.97. The molecular formula is C18H17N3O5S2. The van der Waals surface area contributed by atoms with Gasteiger partial charge in [0.2, 0.25) is 10.0 Å². The smallest absolute Gasteiger partial charge is 0.351 e. The van der Waals surface area contributed by atoms with Crippen LogP contribution in [0.3, 0.4) is 0 Å². The molecule has 28 heavy (non-hydrogen) atoms. The standard InChI is InChI=1S/C18H17N3O5S2/c1-12(17(22)20-13-4-6-14(7-5-13)28(19,24)25)26-18(23)16-15(8-11-27-16)21-9-2-3-10-21/h2-12H,1H3,(H,20,22)(H2,19,24,25). The number of hydrogen-bond donors (Lipinski definition) is 2. The molecular weight excluding hydrogens is 402 g/mol. The number of nitrogens with zero attached hydrogens (tertiary/aromatic N) is 1. The Balaban J connectivity index is 1.65. The summed E-state index contributed by atoms with van der Waals surface area (Å²) in [5.41, 5.74) is 1.02. The number of nitrogens with one attached hydrogen (secondary N) is 1. The van der Waals surface area contributed by atoms with Crippen LogP contribution in [0.4, 0.5) is 5.69 Å². The van der Waals surface area contributed by atoms with E-state index in [1.54, 1.807) is 28.4 Å². The Morgan fingerprint density at radius 2 is 1.79 bits per heavy atom. The lowest BCUT2D eigenvalue weighted by molar-refractivity contribution is -0.123. The number of carbonyl (C=O) groups is 2. The van der Waals surface area contributed by atoms with Crippen molar-refractivity contribution in [1.82, 2.24) is 4.57 Å². The van der Waals surface area contributed by atoms with Crippen LogP contribution in [-0.2, 0) is 19.6 Å². The van der Waals surface area contributed by atoms with E-state index in [0.29, 0.717) is 16.3 Å². The molecule has 2 aromatic heterocycles. The molecule has 0 aliphatic carbocycles. The van der Waals surface area contributed by atoms with Gasteiger partial charge in [0, 0.05) is 18.1 Å². The number of carbonyl (C=O) groups excluding carboxylic acids is 2. The molecule has 0 saturated heterocycles. The summed E-state index contributed by atoms with van der Waals surface area (Å²) in [5, 5.41) is 9.36. The van der Waals surface area contributed by atoms with Crippen molar-refractivity contribution in [3.63, 3.8) is 0 Å². The van der Waals surface area contributed by atoms with Gasteiger partial charge in [0.15, 0.2) is 6.10 Å². The molecule has 1 atom stereocenters. The molecule has 3 aromatic rings. The van der Waals surface area contributed by atoms with Crippen molar-refractivity contribution >= 4 is 38.9 Å². The molecule has 0 bridgehead atoms. The highest BCUT2D eigenvalue weighted by molar-refractivity contribution is 7.89. The summed E-state index contributed by atoms with van der Waals surface area (Å²) in [5.74, 6) is -1.15. The van der Waals surface area contributed by atoms with Crippen molar-refractivity contribution < 1.29 is 22.7 Å². The summed E-state index contributed by atoms with van der Waals surface area (Å²) >= 11 is 1.22. The first kappa shape index (κ1) is 19.8. The average Bonchev–Trinajstić information content (AvgIpc) is 3.32. The molecule has 1 aromatic carbocycles. The van der Waals surface area contributed by atoms with Crippen molar-refractivity contribution in [2.45, 2.75) is 17.9 Å². The zero-order valence-electron chi connectivity index (χ0n) is 14.7. The average molecular weight is 419 g/mol. The van der Waals surface area contributed by atoms with E-state index in [0.717, 1.165) is 0 Å². The predicted molar refractivity (Wildman–Crippen MR) is 105 cm³/mol. The SMILES string of the molecule is CC(OC(=O)c1sccc1-n1cccc1)C(=O)Nc1ccc(S(N)(=O)=O)cc1. The minimum Gasteiger partial charge on any atom is -0.448 e. The molecule has 0 saturated carbocycles. The number of amides is 1. The van der Waals surface area contributed by atoms with Crippen LogP contribution in [0.1, 0.15) is 16.6 Å². The molecule has 2 heterocycles. The zero-order chi connectivity index (χ0) is 20.3. The van der Waals surface area contributed by atoms with Gasteiger partial charge in [0.1, 0.15) is 4.88 Å². The Hall–Kier alpha value is -2.95. The first-order valence-corrected chi connectivity index (χ1v) is 10.5. The Bertz CT molecular complexity index is 1090. The molecule has 0 spiro atoms. The van der Waals surface area contributed by atoms with Crippen molar-refractivity contribution in [3.05, 3.63) is 65.1 Å². The molecule has 3 rings (SSSR count). The summed E-state index contributed by atoms with van der Waals surface area (Å²) in [4.78, 5) is 25.1. The topological polar surface area (TPSA) is 120 Å². The number of thiophene rings is 1. The highest BCUT2D eigenvalue weighted by atomic mass is 32.2. The van der Waals surface area contributed by atoms with E-state index in [4.69, 9.17) is 9.88 Å². The van der Waals surface area contributed by atoms with Crippen molar-refractivity contribution in [2.75, 3.05) is 5.32 Å². The predicted octanol–water partition coefficient (Wildman–Crippen LogP) is 2.37. The number of ether oxygens (including phenoxy) is 1. The number of primary sulfonamides is 1. The van der Waals surface area contributed by atoms with Crippen molar-refractivity contribution in [1.29, 1.82) is 0 Å². The van der Waals surface area contributed by atoms with E-state index < -0.39 is 28.0 Å². The molecule has 8 nitrogen and oxygen atoms in total. The molecule has 146 valence electrons. The molecule has 1 amide bonds. The van der Waals surface area contributed by atoms with Gasteiger partial charge in [-0.05, 0) is 54.8 Å². The lowest BCUT2D eigenvalue weighted by Gasteiger charge is -2.14. The van der Waals surface area contributed by atoms with Gasteiger partial charge in [-0.15, -0.1) is 11.3 Å². The summed E-state index contributed by atoms with van der Waals surface area (Å²) in [6, 6.07) is 10.8. The maximum absolute atomic E-state index is 12.5. The van der Waals surface area contributed by atoms with Gasteiger partial charge in [-0.1, -0.05) is 0 Å². The van der Waals surface area contributed by atoms with Gasteiger partial charge in [0.05, 0.1) is 10.6 Å².